The minimum Gasteiger partial charge on any atom is -0.336 e. The lowest BCUT2D eigenvalue weighted by atomic mass is 10.1. The van der Waals surface area contributed by atoms with Gasteiger partial charge in [0.2, 0.25) is 11.8 Å². The van der Waals surface area contributed by atoms with Crippen molar-refractivity contribution >= 4 is 17.7 Å². The summed E-state index contributed by atoms with van der Waals surface area (Å²) in [4.78, 5) is 38.9. The van der Waals surface area contributed by atoms with Gasteiger partial charge in [0.05, 0.1) is 6.54 Å². The molecule has 1 aromatic rings. The van der Waals surface area contributed by atoms with Crippen LogP contribution >= 0.6 is 0 Å². The molecule has 6 heteroatoms. The molecule has 122 valence electrons. The summed E-state index contributed by atoms with van der Waals surface area (Å²) >= 11 is 0. The zero-order valence-corrected chi connectivity index (χ0v) is 13.2. The average Bonchev–Trinajstić information content (AvgIpc) is 2.87. The third-order valence-corrected chi connectivity index (χ3v) is 4.35. The van der Waals surface area contributed by atoms with E-state index in [1.54, 1.807) is 12.1 Å². The van der Waals surface area contributed by atoms with Crippen LogP contribution in [0.2, 0.25) is 0 Å². The molecular weight excluding hydrogens is 294 g/mol. The van der Waals surface area contributed by atoms with Crippen molar-refractivity contribution in [1.82, 2.24) is 15.1 Å². The number of piperazine rings is 1. The van der Waals surface area contributed by atoms with E-state index in [2.05, 4.69) is 12.2 Å². The quantitative estimate of drug-likeness (QED) is 0.837. The van der Waals surface area contributed by atoms with Gasteiger partial charge in [-0.05, 0) is 24.6 Å². The van der Waals surface area contributed by atoms with Crippen molar-refractivity contribution in [1.29, 1.82) is 0 Å². The first-order valence-corrected chi connectivity index (χ1v) is 7.99. The summed E-state index contributed by atoms with van der Waals surface area (Å²) in [6, 6.07) is 7.49. The van der Waals surface area contributed by atoms with Gasteiger partial charge in [0.25, 0.3) is 5.91 Å². The van der Waals surface area contributed by atoms with Crippen molar-refractivity contribution in [2.75, 3.05) is 19.6 Å². The van der Waals surface area contributed by atoms with Crippen LogP contribution in [0.5, 0.6) is 0 Å². The first-order chi connectivity index (χ1) is 11.0. The maximum absolute atomic E-state index is 12.5. The minimum atomic E-state index is -0.120. The molecular formula is C17H21N3O3. The van der Waals surface area contributed by atoms with Gasteiger partial charge in [0.15, 0.2) is 0 Å². The van der Waals surface area contributed by atoms with Gasteiger partial charge in [0.1, 0.15) is 0 Å². The lowest BCUT2D eigenvalue weighted by Gasteiger charge is -2.32. The Kier molecular flexibility index (Phi) is 4.43. The summed E-state index contributed by atoms with van der Waals surface area (Å²) in [5.41, 5.74) is 1.50. The number of benzene rings is 1. The molecule has 1 atom stereocenters. The van der Waals surface area contributed by atoms with Crippen LogP contribution in [0.15, 0.2) is 24.3 Å². The molecule has 2 aliphatic rings. The highest BCUT2D eigenvalue weighted by molar-refractivity contribution is 6.01. The van der Waals surface area contributed by atoms with Gasteiger partial charge in [-0.2, -0.15) is 0 Å². The molecule has 0 bridgehead atoms. The van der Waals surface area contributed by atoms with Gasteiger partial charge in [-0.15, -0.1) is 0 Å². The fourth-order valence-corrected chi connectivity index (χ4v) is 3.03. The Morgan fingerprint density at radius 3 is 2.43 bits per heavy atom. The summed E-state index contributed by atoms with van der Waals surface area (Å²) < 4.78 is 0. The summed E-state index contributed by atoms with van der Waals surface area (Å²) in [7, 11) is 0. The summed E-state index contributed by atoms with van der Waals surface area (Å²) in [5, 5.41) is 3.31. The number of carbonyl (C=O) groups excluding carboxylic acids is 3. The molecule has 2 saturated heterocycles. The number of nitrogens with zero attached hydrogens (tertiary/aromatic N) is 2. The van der Waals surface area contributed by atoms with Crippen molar-refractivity contribution < 1.29 is 14.4 Å². The van der Waals surface area contributed by atoms with Crippen LogP contribution in [0, 0.1) is 0 Å². The van der Waals surface area contributed by atoms with Crippen LogP contribution in [0.25, 0.3) is 0 Å². The number of hydrogen-bond acceptors (Lipinski definition) is 4. The Balaban J connectivity index is 1.66. The van der Waals surface area contributed by atoms with Gasteiger partial charge in [-0.3, -0.25) is 19.3 Å². The second-order valence-electron chi connectivity index (χ2n) is 6.18. The number of likely N-dealkylation sites (tertiary alicyclic amines) is 1. The SMILES string of the molecule is CC1CN(C(=O)c2ccc(CN3C(=O)CCC3=O)cc2)CCN1. The van der Waals surface area contributed by atoms with Gasteiger partial charge in [-0.25, -0.2) is 0 Å². The van der Waals surface area contributed by atoms with Crippen molar-refractivity contribution in [2.45, 2.75) is 32.4 Å². The van der Waals surface area contributed by atoms with Crippen LogP contribution in [0.4, 0.5) is 0 Å². The number of rotatable bonds is 3. The van der Waals surface area contributed by atoms with E-state index in [1.807, 2.05) is 17.0 Å². The van der Waals surface area contributed by atoms with E-state index in [0.717, 1.165) is 12.1 Å². The van der Waals surface area contributed by atoms with Gasteiger partial charge < -0.3 is 10.2 Å². The van der Waals surface area contributed by atoms with Crippen LogP contribution in [0.1, 0.15) is 35.7 Å². The van der Waals surface area contributed by atoms with E-state index in [9.17, 15) is 14.4 Å². The maximum atomic E-state index is 12.5. The molecule has 0 aromatic heterocycles. The van der Waals surface area contributed by atoms with Crippen LogP contribution in [-0.2, 0) is 16.1 Å². The van der Waals surface area contributed by atoms with E-state index in [0.29, 0.717) is 37.5 Å². The molecule has 0 spiro atoms. The van der Waals surface area contributed by atoms with Crippen LogP contribution < -0.4 is 5.32 Å². The highest BCUT2D eigenvalue weighted by Gasteiger charge is 2.28. The number of carbonyl (C=O) groups is 3. The van der Waals surface area contributed by atoms with Crippen molar-refractivity contribution in [3.05, 3.63) is 35.4 Å². The molecule has 2 heterocycles. The molecule has 2 fully saturated rings. The zero-order chi connectivity index (χ0) is 16.4. The fraction of sp³-hybridized carbons (Fsp3) is 0.471. The van der Waals surface area contributed by atoms with E-state index in [1.165, 1.54) is 4.90 Å². The molecule has 0 saturated carbocycles. The molecule has 1 N–H and O–H groups in total. The second kappa shape index (κ2) is 6.50. The van der Waals surface area contributed by atoms with Crippen molar-refractivity contribution in [3.63, 3.8) is 0 Å². The van der Waals surface area contributed by atoms with Gasteiger partial charge in [0, 0.05) is 44.1 Å². The highest BCUT2D eigenvalue weighted by atomic mass is 16.2. The predicted molar refractivity (Wildman–Crippen MR) is 84.6 cm³/mol. The minimum absolute atomic E-state index is 0.0261. The first-order valence-electron chi connectivity index (χ1n) is 7.99. The van der Waals surface area contributed by atoms with E-state index in [4.69, 9.17) is 0 Å². The normalized spacial score (nSPS) is 21.9. The Hall–Kier alpha value is -2.21. The Labute approximate surface area is 135 Å². The molecule has 23 heavy (non-hydrogen) atoms. The highest BCUT2D eigenvalue weighted by Crippen LogP contribution is 2.17. The van der Waals surface area contributed by atoms with Crippen LogP contribution in [0.3, 0.4) is 0 Å². The average molecular weight is 315 g/mol. The van der Waals surface area contributed by atoms with E-state index >= 15 is 0 Å². The monoisotopic (exact) mass is 315 g/mol. The van der Waals surface area contributed by atoms with Crippen molar-refractivity contribution in [2.24, 2.45) is 0 Å². The second-order valence-corrected chi connectivity index (χ2v) is 6.18. The third-order valence-electron chi connectivity index (χ3n) is 4.35. The molecule has 1 aromatic carbocycles. The smallest absolute Gasteiger partial charge is 0.253 e. The van der Waals surface area contributed by atoms with Crippen molar-refractivity contribution in [3.8, 4) is 0 Å². The van der Waals surface area contributed by atoms with E-state index in [-0.39, 0.29) is 24.3 Å². The third kappa shape index (κ3) is 3.42. The molecule has 6 nitrogen and oxygen atoms in total. The predicted octanol–water partition coefficient (Wildman–Crippen LogP) is 0.770. The number of nitrogens with one attached hydrogen (secondary N) is 1. The van der Waals surface area contributed by atoms with Gasteiger partial charge >= 0.3 is 0 Å². The lowest BCUT2D eigenvalue weighted by Crippen LogP contribution is -2.51. The Morgan fingerprint density at radius 2 is 1.83 bits per heavy atom. The maximum Gasteiger partial charge on any atom is 0.253 e. The fourth-order valence-electron chi connectivity index (χ4n) is 3.03. The van der Waals surface area contributed by atoms with E-state index < -0.39 is 0 Å². The molecule has 1 unspecified atom stereocenters. The van der Waals surface area contributed by atoms with Crippen LogP contribution in [-0.4, -0.2) is 53.2 Å². The molecule has 2 aliphatic heterocycles. The molecule has 3 amide bonds. The number of amides is 3. The number of hydrogen-bond donors (Lipinski definition) is 1. The van der Waals surface area contributed by atoms with Gasteiger partial charge in [-0.1, -0.05) is 12.1 Å². The Morgan fingerprint density at radius 1 is 1.17 bits per heavy atom. The molecule has 0 aliphatic carbocycles. The summed E-state index contributed by atoms with van der Waals surface area (Å²) in [6.45, 7) is 4.58. The zero-order valence-electron chi connectivity index (χ0n) is 13.2. The topological polar surface area (TPSA) is 69.7 Å². The first kappa shape index (κ1) is 15.7. The Bertz CT molecular complexity index is 610. The molecule has 3 rings (SSSR count). The molecule has 0 radical (unpaired) electrons. The summed E-state index contributed by atoms with van der Waals surface area (Å²) in [6.07, 6.45) is 0.604. The largest absolute Gasteiger partial charge is 0.336 e. The summed E-state index contributed by atoms with van der Waals surface area (Å²) in [5.74, 6) is -0.215. The standard InChI is InChI=1S/C17H21N3O3/c1-12-10-19(9-8-18-12)17(23)14-4-2-13(3-5-14)11-20-15(21)6-7-16(20)22/h2-5,12,18H,6-11H2,1H3. The number of imide groups is 1. The lowest BCUT2D eigenvalue weighted by molar-refractivity contribution is -0.139.